The molecule has 2 heterocycles. The quantitative estimate of drug-likeness (QED) is 0.836. The summed E-state index contributed by atoms with van der Waals surface area (Å²) in [5.74, 6) is 0.293. The van der Waals surface area contributed by atoms with Crippen LogP contribution in [-0.4, -0.2) is 24.5 Å². The van der Waals surface area contributed by atoms with Crippen molar-refractivity contribution in [1.29, 1.82) is 0 Å². The highest BCUT2D eigenvalue weighted by Crippen LogP contribution is 2.09. The molecule has 0 radical (unpaired) electrons. The Morgan fingerprint density at radius 3 is 2.88 bits per heavy atom. The van der Waals surface area contributed by atoms with E-state index in [0.29, 0.717) is 18.5 Å². The molecule has 0 spiro atoms. The molecule has 6 heteroatoms. The second-order valence-electron chi connectivity index (χ2n) is 3.84. The predicted molar refractivity (Wildman–Crippen MR) is 60.8 cm³/mol. The van der Waals surface area contributed by atoms with E-state index in [1.54, 1.807) is 11.0 Å². The van der Waals surface area contributed by atoms with Crippen LogP contribution in [0.25, 0.3) is 0 Å². The fourth-order valence-corrected chi connectivity index (χ4v) is 1.45. The Balaban J connectivity index is 2.08. The van der Waals surface area contributed by atoms with Crippen LogP contribution in [0, 0.1) is 0 Å². The summed E-state index contributed by atoms with van der Waals surface area (Å²) in [6.07, 6.45) is 4.67. The van der Waals surface area contributed by atoms with Crippen LogP contribution in [0.2, 0.25) is 0 Å². The van der Waals surface area contributed by atoms with Gasteiger partial charge in [-0.05, 0) is 19.4 Å². The molecule has 86 valence electrons. The SMILES string of the molecule is CCC(C)n1ccc(Cn2cnc(N)n2)n1. The summed E-state index contributed by atoms with van der Waals surface area (Å²) in [4.78, 5) is 3.87. The zero-order valence-electron chi connectivity index (χ0n) is 9.54. The minimum atomic E-state index is 0.293. The van der Waals surface area contributed by atoms with Crippen LogP contribution in [0.5, 0.6) is 0 Å². The van der Waals surface area contributed by atoms with E-state index in [2.05, 4.69) is 29.0 Å². The Hall–Kier alpha value is -1.85. The summed E-state index contributed by atoms with van der Waals surface area (Å²) in [5.41, 5.74) is 6.40. The number of anilines is 1. The summed E-state index contributed by atoms with van der Waals surface area (Å²) in [6.45, 7) is 4.89. The van der Waals surface area contributed by atoms with E-state index < -0.39 is 0 Å². The van der Waals surface area contributed by atoms with Gasteiger partial charge in [0.05, 0.1) is 12.2 Å². The van der Waals surface area contributed by atoms with Gasteiger partial charge in [0.1, 0.15) is 6.33 Å². The number of nitrogens with zero attached hydrogens (tertiary/aromatic N) is 5. The third kappa shape index (κ3) is 2.21. The lowest BCUT2D eigenvalue weighted by Crippen LogP contribution is -2.07. The fraction of sp³-hybridized carbons (Fsp3) is 0.500. The van der Waals surface area contributed by atoms with E-state index in [1.165, 1.54) is 0 Å². The Morgan fingerprint density at radius 1 is 1.44 bits per heavy atom. The largest absolute Gasteiger partial charge is 0.367 e. The number of aromatic nitrogens is 5. The lowest BCUT2D eigenvalue weighted by atomic mass is 10.3. The first kappa shape index (κ1) is 10.7. The maximum absolute atomic E-state index is 5.44. The molecule has 0 aromatic carbocycles. The van der Waals surface area contributed by atoms with Gasteiger partial charge in [0.15, 0.2) is 0 Å². The van der Waals surface area contributed by atoms with Crippen molar-refractivity contribution in [2.24, 2.45) is 0 Å². The van der Waals surface area contributed by atoms with Crippen molar-refractivity contribution in [2.75, 3.05) is 5.73 Å². The smallest absolute Gasteiger partial charge is 0.239 e. The van der Waals surface area contributed by atoms with Crippen molar-refractivity contribution in [1.82, 2.24) is 24.5 Å². The molecule has 2 aromatic rings. The second kappa shape index (κ2) is 4.34. The average molecular weight is 220 g/mol. The van der Waals surface area contributed by atoms with Crippen LogP contribution in [0.15, 0.2) is 18.6 Å². The van der Waals surface area contributed by atoms with E-state index in [9.17, 15) is 0 Å². The highest BCUT2D eigenvalue weighted by atomic mass is 15.4. The second-order valence-corrected chi connectivity index (χ2v) is 3.84. The van der Waals surface area contributed by atoms with Gasteiger partial charge in [0.25, 0.3) is 0 Å². The molecule has 2 rings (SSSR count). The molecule has 0 aliphatic heterocycles. The van der Waals surface area contributed by atoms with E-state index >= 15 is 0 Å². The molecular weight excluding hydrogens is 204 g/mol. The van der Waals surface area contributed by atoms with E-state index in [4.69, 9.17) is 5.73 Å². The van der Waals surface area contributed by atoms with Crippen molar-refractivity contribution in [3.8, 4) is 0 Å². The van der Waals surface area contributed by atoms with Gasteiger partial charge in [0.2, 0.25) is 5.95 Å². The number of hydrogen-bond donors (Lipinski definition) is 1. The fourth-order valence-electron chi connectivity index (χ4n) is 1.45. The molecule has 2 N–H and O–H groups in total. The Morgan fingerprint density at radius 2 is 2.25 bits per heavy atom. The maximum Gasteiger partial charge on any atom is 0.239 e. The van der Waals surface area contributed by atoms with Crippen molar-refractivity contribution in [3.05, 3.63) is 24.3 Å². The molecule has 16 heavy (non-hydrogen) atoms. The van der Waals surface area contributed by atoms with Crippen LogP contribution in [-0.2, 0) is 6.54 Å². The first-order chi connectivity index (χ1) is 7.69. The lowest BCUT2D eigenvalue weighted by molar-refractivity contribution is 0.471. The summed E-state index contributed by atoms with van der Waals surface area (Å²) >= 11 is 0. The highest BCUT2D eigenvalue weighted by Gasteiger charge is 2.05. The van der Waals surface area contributed by atoms with Crippen molar-refractivity contribution in [2.45, 2.75) is 32.9 Å². The van der Waals surface area contributed by atoms with Gasteiger partial charge in [0, 0.05) is 12.2 Å². The van der Waals surface area contributed by atoms with Crippen molar-refractivity contribution >= 4 is 5.95 Å². The Bertz CT molecular complexity index is 457. The number of nitrogens with two attached hydrogens (primary N) is 1. The Labute approximate surface area is 94.1 Å². The molecule has 0 aliphatic carbocycles. The highest BCUT2D eigenvalue weighted by molar-refractivity contribution is 5.10. The molecule has 0 saturated carbocycles. The standard InChI is InChI=1S/C10H16N6/c1-3-8(2)16-5-4-9(13-16)6-15-7-12-10(11)14-15/h4-5,7-8H,3,6H2,1-2H3,(H2,11,14). The molecule has 0 bridgehead atoms. The van der Waals surface area contributed by atoms with Gasteiger partial charge in [-0.15, -0.1) is 5.10 Å². The Kier molecular flexibility index (Phi) is 2.89. The van der Waals surface area contributed by atoms with E-state index in [0.717, 1.165) is 12.1 Å². The molecule has 6 nitrogen and oxygen atoms in total. The number of rotatable bonds is 4. The zero-order valence-corrected chi connectivity index (χ0v) is 9.54. The third-order valence-electron chi connectivity index (χ3n) is 2.58. The minimum Gasteiger partial charge on any atom is -0.367 e. The molecule has 0 amide bonds. The third-order valence-corrected chi connectivity index (χ3v) is 2.58. The number of hydrogen-bond acceptors (Lipinski definition) is 4. The average Bonchev–Trinajstić information content (AvgIpc) is 2.87. The van der Waals surface area contributed by atoms with Gasteiger partial charge in [-0.25, -0.2) is 9.67 Å². The van der Waals surface area contributed by atoms with Crippen molar-refractivity contribution < 1.29 is 0 Å². The first-order valence-electron chi connectivity index (χ1n) is 5.38. The van der Waals surface area contributed by atoms with Gasteiger partial charge in [-0.3, -0.25) is 4.68 Å². The number of nitrogen functional groups attached to an aromatic ring is 1. The van der Waals surface area contributed by atoms with Crippen LogP contribution in [0.3, 0.4) is 0 Å². The van der Waals surface area contributed by atoms with Gasteiger partial charge in [-0.2, -0.15) is 5.10 Å². The van der Waals surface area contributed by atoms with Crippen molar-refractivity contribution in [3.63, 3.8) is 0 Å². The van der Waals surface area contributed by atoms with Crippen LogP contribution >= 0.6 is 0 Å². The monoisotopic (exact) mass is 220 g/mol. The summed E-state index contributed by atoms with van der Waals surface area (Å²) in [5, 5.41) is 8.49. The lowest BCUT2D eigenvalue weighted by Gasteiger charge is -2.07. The first-order valence-corrected chi connectivity index (χ1v) is 5.38. The summed E-state index contributed by atoms with van der Waals surface area (Å²) in [7, 11) is 0. The van der Waals surface area contributed by atoms with E-state index in [-0.39, 0.29) is 0 Å². The van der Waals surface area contributed by atoms with Gasteiger partial charge < -0.3 is 5.73 Å². The summed E-state index contributed by atoms with van der Waals surface area (Å²) < 4.78 is 3.65. The molecular formula is C10H16N6. The molecule has 0 fully saturated rings. The zero-order chi connectivity index (χ0) is 11.5. The van der Waals surface area contributed by atoms with Gasteiger partial charge in [-0.1, -0.05) is 6.92 Å². The van der Waals surface area contributed by atoms with E-state index in [1.807, 2.05) is 16.9 Å². The molecule has 2 aromatic heterocycles. The molecule has 1 atom stereocenters. The molecule has 0 saturated heterocycles. The molecule has 1 unspecified atom stereocenters. The maximum atomic E-state index is 5.44. The molecule has 0 aliphatic rings. The summed E-state index contributed by atoms with van der Waals surface area (Å²) in [6, 6.07) is 2.42. The topological polar surface area (TPSA) is 74.5 Å². The van der Waals surface area contributed by atoms with Crippen LogP contribution < -0.4 is 5.73 Å². The van der Waals surface area contributed by atoms with Crippen LogP contribution in [0.1, 0.15) is 32.0 Å². The normalized spacial score (nSPS) is 12.9. The van der Waals surface area contributed by atoms with Crippen LogP contribution in [0.4, 0.5) is 5.95 Å². The minimum absolute atomic E-state index is 0.293. The van der Waals surface area contributed by atoms with Gasteiger partial charge >= 0.3 is 0 Å². The predicted octanol–water partition coefficient (Wildman–Crippen LogP) is 1.08.